The number of carbonyl (C=O) groups excluding carboxylic acids is 2. The highest BCUT2D eigenvalue weighted by Gasteiger charge is 2.20. The lowest BCUT2D eigenvalue weighted by Crippen LogP contribution is -2.45. The Morgan fingerprint density at radius 2 is 0.506 bits per heavy atom. The van der Waals surface area contributed by atoms with Gasteiger partial charge < -0.3 is 20.3 Å². The second-order valence-electron chi connectivity index (χ2n) is 26.4. The third-order valence-electron chi connectivity index (χ3n) is 18.2. The van der Waals surface area contributed by atoms with E-state index in [1.54, 1.807) is 0 Å². The highest BCUT2D eigenvalue weighted by atomic mass is 16.5. The van der Waals surface area contributed by atoms with Crippen molar-refractivity contribution in [3.8, 4) is 0 Å². The van der Waals surface area contributed by atoms with E-state index in [0.717, 1.165) is 38.5 Å². The highest BCUT2D eigenvalue weighted by molar-refractivity contribution is 5.76. The smallest absolute Gasteiger partial charge is 0.305 e. The summed E-state index contributed by atoms with van der Waals surface area (Å²) in [6, 6.07) is -0.537. The van der Waals surface area contributed by atoms with Gasteiger partial charge in [-0.25, -0.2) is 0 Å². The summed E-state index contributed by atoms with van der Waals surface area (Å²) < 4.78 is 5.48. The Morgan fingerprint density at radius 3 is 0.753 bits per heavy atom. The largest absolute Gasteiger partial charge is 0.466 e. The molecule has 6 heteroatoms. The van der Waals surface area contributed by atoms with E-state index in [1.807, 2.05) is 0 Å². The number of hydrogen-bond donors (Lipinski definition) is 3. The fraction of sp³-hybridized carbons (Fsp3) is 0.973. The average Bonchev–Trinajstić information content (AvgIpc) is 3.47. The molecular formula is C75H149NO5. The van der Waals surface area contributed by atoms with Crippen LogP contribution in [0, 0.1) is 0 Å². The van der Waals surface area contributed by atoms with Crippen molar-refractivity contribution < 1.29 is 24.5 Å². The third kappa shape index (κ3) is 67.9. The molecule has 0 rings (SSSR count). The molecule has 484 valence electrons. The molecule has 6 nitrogen and oxygen atoms in total. The maximum atomic E-state index is 12.6. The van der Waals surface area contributed by atoms with Crippen LogP contribution in [0.25, 0.3) is 0 Å². The van der Waals surface area contributed by atoms with Crippen molar-refractivity contribution in [3.63, 3.8) is 0 Å². The predicted molar refractivity (Wildman–Crippen MR) is 357 cm³/mol. The number of nitrogens with one attached hydrogen (secondary N) is 1. The molecule has 0 spiro atoms. The summed E-state index contributed by atoms with van der Waals surface area (Å²) in [6.45, 7) is 5.01. The lowest BCUT2D eigenvalue weighted by molar-refractivity contribution is -0.143. The topological polar surface area (TPSA) is 95.9 Å². The minimum atomic E-state index is -0.661. The molecule has 0 aliphatic rings. The molecule has 0 bridgehead atoms. The van der Waals surface area contributed by atoms with E-state index in [9.17, 15) is 19.8 Å². The van der Waals surface area contributed by atoms with E-state index in [0.29, 0.717) is 25.9 Å². The van der Waals surface area contributed by atoms with Gasteiger partial charge in [0.25, 0.3) is 0 Å². The fourth-order valence-electron chi connectivity index (χ4n) is 12.4. The first-order chi connectivity index (χ1) is 40.0. The molecule has 0 aromatic heterocycles. The predicted octanol–water partition coefficient (Wildman–Crippen LogP) is 24.5. The number of amides is 1. The first kappa shape index (κ1) is 79.9. The maximum Gasteiger partial charge on any atom is 0.305 e. The van der Waals surface area contributed by atoms with Gasteiger partial charge in [0.15, 0.2) is 0 Å². The first-order valence-corrected chi connectivity index (χ1v) is 37.8. The number of ether oxygens (including phenoxy) is 1. The van der Waals surface area contributed by atoms with Crippen molar-refractivity contribution in [2.24, 2.45) is 0 Å². The molecule has 0 aliphatic heterocycles. The average molecular weight is 1150 g/mol. The van der Waals surface area contributed by atoms with Crippen LogP contribution < -0.4 is 5.32 Å². The zero-order valence-electron chi connectivity index (χ0n) is 55.6. The molecule has 0 saturated heterocycles. The highest BCUT2D eigenvalue weighted by Crippen LogP contribution is 2.20. The van der Waals surface area contributed by atoms with Crippen molar-refractivity contribution in [2.45, 2.75) is 456 Å². The van der Waals surface area contributed by atoms with Crippen LogP contribution in [-0.2, 0) is 14.3 Å². The van der Waals surface area contributed by atoms with E-state index in [1.165, 1.54) is 372 Å². The lowest BCUT2D eigenvalue weighted by Gasteiger charge is -2.22. The van der Waals surface area contributed by atoms with Crippen molar-refractivity contribution in [3.05, 3.63) is 0 Å². The van der Waals surface area contributed by atoms with Crippen molar-refractivity contribution >= 4 is 11.9 Å². The van der Waals surface area contributed by atoms with Crippen LogP contribution in [0.15, 0.2) is 0 Å². The number of unbranched alkanes of at least 4 members (excludes halogenated alkanes) is 61. The molecule has 81 heavy (non-hydrogen) atoms. The zero-order valence-corrected chi connectivity index (χ0v) is 55.6. The van der Waals surface area contributed by atoms with Crippen LogP contribution in [0.5, 0.6) is 0 Å². The molecule has 1 amide bonds. The lowest BCUT2D eigenvalue weighted by atomic mass is 10.0. The van der Waals surface area contributed by atoms with Crippen LogP contribution in [0.2, 0.25) is 0 Å². The summed E-state index contributed by atoms with van der Waals surface area (Å²) in [5.74, 6) is -0.00191. The van der Waals surface area contributed by atoms with Crippen LogP contribution >= 0.6 is 0 Å². The Kier molecular flexibility index (Phi) is 70.3. The molecule has 3 N–H and O–H groups in total. The molecule has 0 radical (unpaired) electrons. The number of carbonyl (C=O) groups is 2. The number of rotatable bonds is 72. The zero-order chi connectivity index (χ0) is 58.5. The van der Waals surface area contributed by atoms with E-state index in [4.69, 9.17) is 4.74 Å². The maximum absolute atomic E-state index is 12.6. The molecule has 0 saturated carbocycles. The van der Waals surface area contributed by atoms with E-state index < -0.39 is 12.1 Å². The summed E-state index contributed by atoms with van der Waals surface area (Å²) in [7, 11) is 0. The second-order valence-corrected chi connectivity index (χ2v) is 26.4. The minimum absolute atomic E-state index is 0.0226. The molecule has 0 aromatic carbocycles. The monoisotopic (exact) mass is 1140 g/mol. The van der Waals surface area contributed by atoms with Crippen LogP contribution in [-0.4, -0.2) is 47.4 Å². The third-order valence-corrected chi connectivity index (χ3v) is 18.2. The Labute approximate surface area is 508 Å². The Hall–Kier alpha value is -1.14. The van der Waals surface area contributed by atoms with E-state index in [-0.39, 0.29) is 18.5 Å². The Morgan fingerprint density at radius 1 is 0.296 bits per heavy atom. The van der Waals surface area contributed by atoms with Gasteiger partial charge in [-0.05, 0) is 25.7 Å². The quantitative estimate of drug-likeness (QED) is 0.0417. The summed E-state index contributed by atoms with van der Waals surface area (Å²) in [5, 5.41) is 23.4. The van der Waals surface area contributed by atoms with E-state index in [2.05, 4.69) is 19.2 Å². The van der Waals surface area contributed by atoms with Gasteiger partial charge in [-0.3, -0.25) is 9.59 Å². The van der Waals surface area contributed by atoms with Crippen molar-refractivity contribution in [1.82, 2.24) is 5.32 Å². The summed E-state index contributed by atoms with van der Waals surface area (Å²) in [6.07, 6.45) is 87.6. The standard InChI is InChI=1S/C75H149NO5/c1-3-5-7-9-11-13-15-16-17-18-19-35-38-41-44-48-51-55-59-63-67-73(78)72(71-77)76-74(79)68-64-60-56-52-49-45-42-39-36-33-31-29-27-25-23-21-20-22-24-26-28-30-32-34-37-40-43-46-50-54-58-62-66-70-81-75(80)69-65-61-57-53-47-14-12-10-8-6-4-2/h72-73,77-78H,3-71H2,1-2H3,(H,76,79). The summed E-state index contributed by atoms with van der Waals surface area (Å²) >= 11 is 0. The molecule has 0 fully saturated rings. The fourth-order valence-corrected chi connectivity index (χ4v) is 12.4. The van der Waals surface area contributed by atoms with Crippen molar-refractivity contribution in [2.75, 3.05) is 13.2 Å². The van der Waals surface area contributed by atoms with Gasteiger partial charge in [0.05, 0.1) is 25.4 Å². The second kappa shape index (κ2) is 71.3. The first-order valence-electron chi connectivity index (χ1n) is 37.8. The van der Waals surface area contributed by atoms with Gasteiger partial charge in [-0.1, -0.05) is 406 Å². The van der Waals surface area contributed by atoms with Gasteiger partial charge in [0, 0.05) is 12.8 Å². The number of esters is 1. The van der Waals surface area contributed by atoms with Gasteiger partial charge in [0.2, 0.25) is 5.91 Å². The molecule has 2 atom stereocenters. The van der Waals surface area contributed by atoms with E-state index >= 15 is 0 Å². The van der Waals surface area contributed by atoms with Crippen LogP contribution in [0.1, 0.15) is 444 Å². The number of hydrogen-bond acceptors (Lipinski definition) is 5. The molecule has 0 aromatic rings. The summed E-state index contributed by atoms with van der Waals surface area (Å²) in [5.41, 5.74) is 0. The summed E-state index contributed by atoms with van der Waals surface area (Å²) in [4.78, 5) is 24.6. The Bertz CT molecular complexity index is 1180. The molecule has 2 unspecified atom stereocenters. The SMILES string of the molecule is CCCCCCCCCCCCCCCCCCCCCCC(O)C(CO)NC(=O)CCCCCCCCCCCCCCCCCCCCCCCCCCCCCCCCCCCOC(=O)CCCCCCCCCCCCC. The van der Waals surface area contributed by atoms with Gasteiger partial charge in [0.1, 0.15) is 0 Å². The number of aliphatic hydroxyl groups excluding tert-OH is 2. The normalized spacial score (nSPS) is 12.4. The minimum Gasteiger partial charge on any atom is -0.466 e. The number of aliphatic hydroxyl groups is 2. The van der Waals surface area contributed by atoms with Crippen LogP contribution in [0.4, 0.5) is 0 Å². The van der Waals surface area contributed by atoms with Gasteiger partial charge >= 0.3 is 5.97 Å². The molecule has 0 aliphatic carbocycles. The van der Waals surface area contributed by atoms with Gasteiger partial charge in [-0.15, -0.1) is 0 Å². The van der Waals surface area contributed by atoms with Crippen LogP contribution in [0.3, 0.4) is 0 Å². The van der Waals surface area contributed by atoms with Crippen molar-refractivity contribution in [1.29, 1.82) is 0 Å². The van der Waals surface area contributed by atoms with Gasteiger partial charge in [-0.2, -0.15) is 0 Å². The molecule has 0 heterocycles. The molecular weight excluding hydrogens is 995 g/mol. The Balaban J connectivity index is 3.31.